The molecule has 0 aliphatic rings. The molecule has 3 aromatic rings. The van der Waals surface area contributed by atoms with Gasteiger partial charge in [-0.2, -0.15) is 0 Å². The van der Waals surface area contributed by atoms with Crippen molar-refractivity contribution in [1.82, 2.24) is 0 Å². The predicted octanol–water partition coefficient (Wildman–Crippen LogP) is 3.77. The van der Waals surface area contributed by atoms with Gasteiger partial charge < -0.3 is 18.6 Å². The first-order valence-corrected chi connectivity index (χ1v) is 8.86. The molecule has 0 aliphatic heterocycles. The molecule has 0 atom stereocenters. The van der Waals surface area contributed by atoms with Crippen molar-refractivity contribution in [2.45, 2.75) is 27.4 Å². The van der Waals surface area contributed by atoms with E-state index in [0.29, 0.717) is 39.0 Å². The minimum Gasteiger partial charge on any atom is -0.497 e. The van der Waals surface area contributed by atoms with Gasteiger partial charge in [0.1, 0.15) is 30.0 Å². The highest BCUT2D eigenvalue weighted by Crippen LogP contribution is 2.33. The SMILES string of the molecule is COc1ccc(-c2coc3c(C)c(OC(C)=O)c(COC(C)=O)cc3c2=O)cc1. The minimum atomic E-state index is -0.534. The summed E-state index contributed by atoms with van der Waals surface area (Å²) in [7, 11) is 1.56. The molecule has 7 nitrogen and oxygen atoms in total. The number of benzene rings is 2. The fourth-order valence-electron chi connectivity index (χ4n) is 3.03. The van der Waals surface area contributed by atoms with Gasteiger partial charge in [0, 0.05) is 25.0 Å². The summed E-state index contributed by atoms with van der Waals surface area (Å²) >= 11 is 0. The van der Waals surface area contributed by atoms with E-state index in [1.807, 2.05) is 0 Å². The van der Waals surface area contributed by atoms with Crippen LogP contribution in [0.5, 0.6) is 11.5 Å². The summed E-state index contributed by atoms with van der Waals surface area (Å²) < 4.78 is 21.2. The first kappa shape index (κ1) is 20.1. The van der Waals surface area contributed by atoms with E-state index in [0.717, 1.165) is 0 Å². The molecule has 1 aromatic heterocycles. The Morgan fingerprint density at radius 2 is 1.76 bits per heavy atom. The molecule has 0 unspecified atom stereocenters. The van der Waals surface area contributed by atoms with Crippen molar-refractivity contribution in [2.24, 2.45) is 0 Å². The van der Waals surface area contributed by atoms with E-state index in [2.05, 4.69) is 0 Å². The Bertz CT molecular complexity index is 1140. The number of carbonyl (C=O) groups is 2. The summed E-state index contributed by atoms with van der Waals surface area (Å²) in [5.74, 6) is -0.139. The molecule has 0 spiro atoms. The lowest BCUT2D eigenvalue weighted by Crippen LogP contribution is -2.11. The van der Waals surface area contributed by atoms with E-state index in [4.69, 9.17) is 18.6 Å². The number of fused-ring (bicyclic) bond motifs is 1. The van der Waals surface area contributed by atoms with E-state index in [1.54, 1.807) is 38.3 Å². The lowest BCUT2D eigenvalue weighted by atomic mass is 10.0. The molecule has 0 amide bonds. The molecule has 0 radical (unpaired) electrons. The molecular formula is C22H20O7. The van der Waals surface area contributed by atoms with Gasteiger partial charge in [0.25, 0.3) is 0 Å². The Kier molecular flexibility index (Phi) is 5.68. The second-order valence-electron chi connectivity index (χ2n) is 6.45. The molecule has 0 aliphatic carbocycles. The molecule has 3 rings (SSSR count). The summed E-state index contributed by atoms with van der Waals surface area (Å²) in [6, 6.07) is 8.55. The van der Waals surface area contributed by atoms with Gasteiger partial charge in [-0.05, 0) is 30.7 Å². The number of carbonyl (C=O) groups excluding carboxylic acids is 2. The van der Waals surface area contributed by atoms with Crippen LogP contribution in [0, 0.1) is 6.92 Å². The average Bonchev–Trinajstić information content (AvgIpc) is 2.69. The molecule has 0 saturated carbocycles. The Labute approximate surface area is 166 Å². The molecule has 0 fully saturated rings. The van der Waals surface area contributed by atoms with Crippen LogP contribution in [0.2, 0.25) is 0 Å². The number of methoxy groups -OCH3 is 1. The maximum Gasteiger partial charge on any atom is 0.308 e. The van der Waals surface area contributed by atoms with Gasteiger partial charge in [0.05, 0.1) is 18.1 Å². The highest BCUT2D eigenvalue weighted by atomic mass is 16.5. The van der Waals surface area contributed by atoms with Crippen LogP contribution < -0.4 is 14.9 Å². The third-order valence-electron chi connectivity index (χ3n) is 4.40. The number of rotatable bonds is 5. The summed E-state index contributed by atoms with van der Waals surface area (Å²) in [4.78, 5) is 35.9. The van der Waals surface area contributed by atoms with Crippen LogP contribution in [0.1, 0.15) is 25.0 Å². The molecule has 7 heteroatoms. The Hall–Kier alpha value is -3.61. The van der Waals surface area contributed by atoms with E-state index >= 15 is 0 Å². The first-order valence-electron chi connectivity index (χ1n) is 8.86. The van der Waals surface area contributed by atoms with Crippen molar-refractivity contribution < 1.29 is 28.2 Å². The monoisotopic (exact) mass is 396 g/mol. The molecule has 1 heterocycles. The highest BCUT2D eigenvalue weighted by molar-refractivity contribution is 5.87. The first-order chi connectivity index (χ1) is 13.8. The Morgan fingerprint density at radius 3 is 2.34 bits per heavy atom. The Morgan fingerprint density at radius 1 is 1.07 bits per heavy atom. The largest absolute Gasteiger partial charge is 0.497 e. The number of ether oxygens (including phenoxy) is 3. The maximum absolute atomic E-state index is 13.2. The third kappa shape index (κ3) is 4.13. The lowest BCUT2D eigenvalue weighted by Gasteiger charge is -2.14. The van der Waals surface area contributed by atoms with Crippen molar-refractivity contribution in [3.05, 3.63) is 57.9 Å². The fourth-order valence-corrected chi connectivity index (χ4v) is 3.03. The molecule has 0 N–H and O–H groups in total. The zero-order valence-corrected chi connectivity index (χ0v) is 16.5. The molecule has 0 saturated heterocycles. The minimum absolute atomic E-state index is 0.138. The van der Waals surface area contributed by atoms with Crippen molar-refractivity contribution in [3.8, 4) is 22.6 Å². The number of esters is 2. The maximum atomic E-state index is 13.2. The van der Waals surface area contributed by atoms with Gasteiger partial charge >= 0.3 is 11.9 Å². The standard InChI is InChI=1S/C22H20O7/c1-12-21(29-14(3)24)16(10-27-13(2)23)9-18-20(25)19(11-28-22(12)18)15-5-7-17(26-4)8-6-15/h5-9,11H,10H2,1-4H3. The van der Waals surface area contributed by atoms with Crippen LogP contribution in [0.4, 0.5) is 0 Å². The van der Waals surface area contributed by atoms with Gasteiger partial charge in [0.15, 0.2) is 0 Å². The van der Waals surface area contributed by atoms with E-state index in [9.17, 15) is 14.4 Å². The zero-order valence-electron chi connectivity index (χ0n) is 16.5. The van der Waals surface area contributed by atoms with Gasteiger partial charge in [0.2, 0.25) is 5.43 Å². The molecule has 0 bridgehead atoms. The smallest absolute Gasteiger partial charge is 0.308 e. The third-order valence-corrected chi connectivity index (χ3v) is 4.40. The normalized spacial score (nSPS) is 10.6. The summed E-state index contributed by atoms with van der Waals surface area (Å²) in [6.07, 6.45) is 1.38. The van der Waals surface area contributed by atoms with Crippen LogP contribution >= 0.6 is 0 Å². The van der Waals surface area contributed by atoms with E-state index in [-0.39, 0.29) is 17.8 Å². The fraction of sp³-hybridized carbons (Fsp3) is 0.227. The summed E-state index contributed by atoms with van der Waals surface area (Å²) in [6.45, 7) is 4.08. The van der Waals surface area contributed by atoms with Crippen LogP contribution in [0.3, 0.4) is 0 Å². The number of hydrogen-bond acceptors (Lipinski definition) is 7. The second kappa shape index (κ2) is 8.18. The molecule has 150 valence electrons. The summed E-state index contributed by atoms with van der Waals surface area (Å²) in [5, 5.41) is 0.300. The molecular weight excluding hydrogens is 376 g/mol. The highest BCUT2D eigenvalue weighted by Gasteiger charge is 2.19. The van der Waals surface area contributed by atoms with E-state index < -0.39 is 11.9 Å². The van der Waals surface area contributed by atoms with Gasteiger partial charge in [-0.1, -0.05) is 12.1 Å². The van der Waals surface area contributed by atoms with Crippen molar-refractivity contribution in [1.29, 1.82) is 0 Å². The van der Waals surface area contributed by atoms with Crippen molar-refractivity contribution in [3.63, 3.8) is 0 Å². The molecule has 2 aromatic carbocycles. The summed E-state index contributed by atoms with van der Waals surface area (Å²) in [5.41, 5.74) is 1.97. The quantitative estimate of drug-likeness (QED) is 0.479. The Balaban J connectivity index is 2.20. The van der Waals surface area contributed by atoms with Gasteiger partial charge in [-0.25, -0.2) is 0 Å². The predicted molar refractivity (Wildman–Crippen MR) is 106 cm³/mol. The van der Waals surface area contributed by atoms with Crippen molar-refractivity contribution >= 4 is 22.9 Å². The van der Waals surface area contributed by atoms with Crippen LogP contribution in [0.25, 0.3) is 22.1 Å². The van der Waals surface area contributed by atoms with Crippen LogP contribution in [-0.4, -0.2) is 19.0 Å². The molecule has 29 heavy (non-hydrogen) atoms. The topological polar surface area (TPSA) is 92.0 Å². The van der Waals surface area contributed by atoms with Crippen LogP contribution in [0.15, 0.2) is 45.8 Å². The zero-order chi connectivity index (χ0) is 21.1. The van der Waals surface area contributed by atoms with Gasteiger partial charge in [-0.3, -0.25) is 14.4 Å². The second-order valence-corrected chi connectivity index (χ2v) is 6.45. The average molecular weight is 396 g/mol. The number of hydrogen-bond donors (Lipinski definition) is 0. The van der Waals surface area contributed by atoms with Crippen molar-refractivity contribution in [2.75, 3.05) is 7.11 Å². The van der Waals surface area contributed by atoms with Gasteiger partial charge in [-0.15, -0.1) is 0 Å². The van der Waals surface area contributed by atoms with E-state index in [1.165, 1.54) is 26.2 Å². The van der Waals surface area contributed by atoms with Crippen LogP contribution in [-0.2, 0) is 20.9 Å². The lowest BCUT2D eigenvalue weighted by molar-refractivity contribution is -0.142. The number of aryl methyl sites for hydroxylation is 1.